The normalized spacial score (nSPS) is 16.5. The molecule has 132 valence electrons. The Bertz CT molecular complexity index is 680. The van der Waals surface area contributed by atoms with Gasteiger partial charge in [0.05, 0.1) is 6.10 Å². The summed E-state index contributed by atoms with van der Waals surface area (Å²) < 4.78 is 0. The molecule has 3 rings (SSSR count). The monoisotopic (exact) mass is 339 g/mol. The van der Waals surface area contributed by atoms with Gasteiger partial charge in [-0.1, -0.05) is 48.0 Å². The lowest BCUT2D eigenvalue weighted by Crippen LogP contribution is -2.50. The molecule has 0 unspecified atom stereocenters. The lowest BCUT2D eigenvalue weighted by molar-refractivity contribution is 0.0831. The Morgan fingerprint density at radius 3 is 2.32 bits per heavy atom. The van der Waals surface area contributed by atoms with Crippen LogP contribution in [-0.2, 0) is 0 Å². The Labute approximate surface area is 148 Å². The van der Waals surface area contributed by atoms with E-state index in [-0.39, 0.29) is 6.03 Å². The predicted molar refractivity (Wildman–Crippen MR) is 99.6 cm³/mol. The second-order valence-electron chi connectivity index (χ2n) is 6.51. The number of hydrogen-bond acceptors (Lipinski definition) is 3. The minimum absolute atomic E-state index is 0.0629. The third kappa shape index (κ3) is 4.81. The second kappa shape index (κ2) is 8.14. The molecule has 5 heteroatoms. The van der Waals surface area contributed by atoms with Crippen molar-refractivity contribution in [3.63, 3.8) is 0 Å². The Morgan fingerprint density at radius 2 is 1.68 bits per heavy atom. The van der Waals surface area contributed by atoms with E-state index < -0.39 is 6.10 Å². The van der Waals surface area contributed by atoms with Crippen LogP contribution in [0.4, 0.5) is 10.5 Å². The van der Waals surface area contributed by atoms with Gasteiger partial charge in [-0.05, 0) is 24.6 Å². The van der Waals surface area contributed by atoms with Crippen molar-refractivity contribution in [1.82, 2.24) is 9.80 Å². The number of carbonyl (C=O) groups is 1. The molecule has 0 bridgehead atoms. The van der Waals surface area contributed by atoms with Gasteiger partial charge in [0.15, 0.2) is 0 Å². The highest BCUT2D eigenvalue weighted by Gasteiger charge is 2.23. The summed E-state index contributed by atoms with van der Waals surface area (Å²) in [6.45, 7) is 5.49. The fourth-order valence-corrected chi connectivity index (χ4v) is 3.00. The van der Waals surface area contributed by atoms with Crippen LogP contribution in [0.1, 0.15) is 17.2 Å². The zero-order valence-electron chi connectivity index (χ0n) is 14.6. The van der Waals surface area contributed by atoms with Crippen LogP contribution < -0.4 is 5.32 Å². The first-order valence-electron chi connectivity index (χ1n) is 8.70. The van der Waals surface area contributed by atoms with E-state index in [1.165, 1.54) is 5.56 Å². The summed E-state index contributed by atoms with van der Waals surface area (Å²) in [6, 6.07) is 17.4. The van der Waals surface area contributed by atoms with E-state index in [0.29, 0.717) is 19.6 Å². The van der Waals surface area contributed by atoms with Gasteiger partial charge in [-0.3, -0.25) is 4.90 Å². The van der Waals surface area contributed by atoms with Gasteiger partial charge in [0, 0.05) is 38.4 Å². The van der Waals surface area contributed by atoms with Crippen LogP contribution in [0.25, 0.3) is 0 Å². The average molecular weight is 339 g/mol. The van der Waals surface area contributed by atoms with Gasteiger partial charge in [0.25, 0.3) is 0 Å². The summed E-state index contributed by atoms with van der Waals surface area (Å²) in [6.07, 6.45) is -0.492. The molecular formula is C20H25N3O2. The van der Waals surface area contributed by atoms with Gasteiger partial charge < -0.3 is 15.3 Å². The molecule has 2 N–H and O–H groups in total. The molecule has 0 aromatic heterocycles. The topological polar surface area (TPSA) is 55.8 Å². The Morgan fingerprint density at radius 1 is 1.04 bits per heavy atom. The number of piperazine rings is 1. The first kappa shape index (κ1) is 17.5. The van der Waals surface area contributed by atoms with E-state index in [9.17, 15) is 9.90 Å². The smallest absolute Gasteiger partial charge is 0.321 e. The molecule has 25 heavy (non-hydrogen) atoms. The number of benzene rings is 2. The summed E-state index contributed by atoms with van der Waals surface area (Å²) in [5.74, 6) is 0. The maximum atomic E-state index is 12.3. The molecule has 0 radical (unpaired) electrons. The molecule has 2 aromatic rings. The van der Waals surface area contributed by atoms with Crippen LogP contribution in [0.15, 0.2) is 54.6 Å². The van der Waals surface area contributed by atoms with Crippen LogP contribution in [0.5, 0.6) is 0 Å². The summed E-state index contributed by atoms with van der Waals surface area (Å²) in [5.41, 5.74) is 2.92. The van der Waals surface area contributed by atoms with Crippen molar-refractivity contribution in [2.75, 3.05) is 38.0 Å². The van der Waals surface area contributed by atoms with Gasteiger partial charge in [-0.2, -0.15) is 0 Å². The van der Waals surface area contributed by atoms with Crippen LogP contribution >= 0.6 is 0 Å². The number of urea groups is 1. The maximum absolute atomic E-state index is 12.3. The van der Waals surface area contributed by atoms with Gasteiger partial charge in [0.1, 0.15) is 0 Å². The number of amides is 2. The highest BCUT2D eigenvalue weighted by Crippen LogP contribution is 2.16. The molecule has 5 nitrogen and oxygen atoms in total. The summed E-state index contributed by atoms with van der Waals surface area (Å²) in [5, 5.41) is 13.3. The number of β-amino-alcohol motifs (C(OH)–C–C–N with tert-alkyl or cyclic N) is 1. The lowest BCUT2D eigenvalue weighted by atomic mass is 10.1. The van der Waals surface area contributed by atoms with E-state index in [1.54, 1.807) is 0 Å². The van der Waals surface area contributed by atoms with Gasteiger partial charge >= 0.3 is 6.03 Å². The van der Waals surface area contributed by atoms with Crippen molar-refractivity contribution in [1.29, 1.82) is 0 Å². The van der Waals surface area contributed by atoms with Gasteiger partial charge in [0.2, 0.25) is 0 Å². The maximum Gasteiger partial charge on any atom is 0.321 e. The predicted octanol–water partition coefficient (Wildman–Crippen LogP) is 2.88. The third-order valence-corrected chi connectivity index (χ3v) is 4.58. The van der Waals surface area contributed by atoms with Crippen molar-refractivity contribution in [2.24, 2.45) is 0 Å². The quantitative estimate of drug-likeness (QED) is 0.900. The fraction of sp³-hybridized carbons (Fsp3) is 0.350. The zero-order chi connectivity index (χ0) is 17.6. The van der Waals surface area contributed by atoms with E-state index in [4.69, 9.17) is 0 Å². The molecule has 0 saturated carbocycles. The standard InChI is InChI=1S/C20H25N3O2/c1-16-7-9-18(10-8-16)21-20(25)23-13-11-22(12-14-23)15-19(24)17-5-3-2-4-6-17/h2-10,19,24H,11-15H2,1H3,(H,21,25)/t19-/m0/s1. The van der Waals surface area contributed by atoms with Crippen LogP contribution in [-0.4, -0.2) is 53.7 Å². The van der Waals surface area contributed by atoms with Crippen LogP contribution in [0, 0.1) is 6.92 Å². The SMILES string of the molecule is Cc1ccc(NC(=O)N2CCN(C[C@H](O)c3ccccc3)CC2)cc1. The third-order valence-electron chi connectivity index (χ3n) is 4.58. The number of aliphatic hydroxyl groups is 1. The number of carbonyl (C=O) groups excluding carboxylic acids is 1. The molecule has 2 aromatic carbocycles. The molecular weight excluding hydrogens is 314 g/mol. The minimum Gasteiger partial charge on any atom is -0.387 e. The van der Waals surface area contributed by atoms with Crippen molar-refractivity contribution in [3.8, 4) is 0 Å². The summed E-state index contributed by atoms with van der Waals surface area (Å²) in [4.78, 5) is 16.4. The zero-order valence-corrected chi connectivity index (χ0v) is 14.6. The first-order chi connectivity index (χ1) is 12.1. The molecule has 2 amide bonds. The number of aliphatic hydroxyl groups excluding tert-OH is 1. The number of aryl methyl sites for hydroxylation is 1. The molecule has 1 aliphatic rings. The highest BCUT2D eigenvalue weighted by atomic mass is 16.3. The van der Waals surface area contributed by atoms with Gasteiger partial charge in [-0.15, -0.1) is 0 Å². The van der Waals surface area contributed by atoms with Crippen molar-refractivity contribution in [2.45, 2.75) is 13.0 Å². The average Bonchev–Trinajstić information content (AvgIpc) is 2.65. The molecule has 0 aliphatic carbocycles. The Kier molecular flexibility index (Phi) is 5.68. The molecule has 1 atom stereocenters. The first-order valence-corrected chi connectivity index (χ1v) is 8.70. The van der Waals surface area contributed by atoms with E-state index in [2.05, 4.69) is 10.2 Å². The van der Waals surface area contributed by atoms with E-state index in [0.717, 1.165) is 24.3 Å². The minimum atomic E-state index is -0.492. The van der Waals surface area contributed by atoms with Crippen molar-refractivity contribution < 1.29 is 9.90 Å². The van der Waals surface area contributed by atoms with Crippen LogP contribution in [0.2, 0.25) is 0 Å². The molecule has 1 heterocycles. The second-order valence-corrected chi connectivity index (χ2v) is 6.51. The molecule has 1 fully saturated rings. The molecule has 1 aliphatic heterocycles. The highest BCUT2D eigenvalue weighted by molar-refractivity contribution is 5.89. The molecule has 1 saturated heterocycles. The number of anilines is 1. The van der Waals surface area contributed by atoms with E-state index in [1.807, 2.05) is 66.4 Å². The van der Waals surface area contributed by atoms with Crippen LogP contribution in [0.3, 0.4) is 0 Å². The lowest BCUT2D eigenvalue weighted by Gasteiger charge is -2.35. The van der Waals surface area contributed by atoms with Gasteiger partial charge in [-0.25, -0.2) is 4.79 Å². The number of nitrogens with one attached hydrogen (secondary N) is 1. The molecule has 0 spiro atoms. The fourth-order valence-electron chi connectivity index (χ4n) is 3.00. The number of rotatable bonds is 4. The largest absolute Gasteiger partial charge is 0.387 e. The number of nitrogens with zero attached hydrogens (tertiary/aromatic N) is 2. The number of hydrogen-bond donors (Lipinski definition) is 2. The Balaban J connectivity index is 1.46. The summed E-state index contributed by atoms with van der Waals surface area (Å²) >= 11 is 0. The summed E-state index contributed by atoms with van der Waals surface area (Å²) in [7, 11) is 0. The van der Waals surface area contributed by atoms with Crippen molar-refractivity contribution in [3.05, 3.63) is 65.7 Å². The Hall–Kier alpha value is -2.37. The van der Waals surface area contributed by atoms with Crippen molar-refractivity contribution >= 4 is 11.7 Å². The van der Waals surface area contributed by atoms with E-state index >= 15 is 0 Å².